The molecule has 1 heterocycles. The van der Waals surface area contributed by atoms with Crippen molar-refractivity contribution in [3.05, 3.63) is 0 Å². The SMILES string of the molecule is BC1(C)CCC2C(=S)N(C)CCC2C1. The third-order valence-electron chi connectivity index (χ3n) is 4.04. The van der Waals surface area contributed by atoms with Crippen molar-refractivity contribution < 1.29 is 0 Å². The van der Waals surface area contributed by atoms with Gasteiger partial charge in [-0.2, -0.15) is 0 Å². The molecule has 0 spiro atoms. The van der Waals surface area contributed by atoms with E-state index in [2.05, 4.69) is 26.7 Å². The van der Waals surface area contributed by atoms with Crippen LogP contribution in [0.25, 0.3) is 0 Å². The van der Waals surface area contributed by atoms with Crippen molar-refractivity contribution in [2.45, 2.75) is 37.9 Å². The van der Waals surface area contributed by atoms with Gasteiger partial charge in [0.05, 0.1) is 4.99 Å². The van der Waals surface area contributed by atoms with Crippen molar-refractivity contribution in [1.82, 2.24) is 4.90 Å². The van der Waals surface area contributed by atoms with Gasteiger partial charge in [0.1, 0.15) is 7.85 Å². The fourth-order valence-corrected chi connectivity index (χ4v) is 3.52. The highest BCUT2D eigenvalue weighted by molar-refractivity contribution is 7.80. The molecule has 1 saturated heterocycles. The van der Waals surface area contributed by atoms with Gasteiger partial charge in [0, 0.05) is 19.5 Å². The quantitative estimate of drug-likeness (QED) is 0.442. The van der Waals surface area contributed by atoms with E-state index in [1.54, 1.807) is 0 Å². The summed E-state index contributed by atoms with van der Waals surface area (Å²) in [6, 6.07) is 0. The van der Waals surface area contributed by atoms with Gasteiger partial charge in [0.2, 0.25) is 0 Å². The fourth-order valence-electron chi connectivity index (χ4n) is 3.12. The molecule has 2 fully saturated rings. The summed E-state index contributed by atoms with van der Waals surface area (Å²) in [5.41, 5.74) is 0. The first-order chi connectivity index (χ1) is 6.49. The minimum atomic E-state index is 0.562. The maximum absolute atomic E-state index is 5.53. The van der Waals surface area contributed by atoms with Crippen molar-refractivity contribution in [3.8, 4) is 0 Å². The van der Waals surface area contributed by atoms with E-state index in [9.17, 15) is 0 Å². The molecule has 0 aromatic heterocycles. The molecular formula is C11H20BNS. The summed E-state index contributed by atoms with van der Waals surface area (Å²) in [6.07, 6.45) is 5.40. The Morgan fingerprint density at radius 1 is 1.50 bits per heavy atom. The predicted octanol–water partition coefficient (Wildman–Crippen LogP) is 1.88. The van der Waals surface area contributed by atoms with Crippen LogP contribution in [0.3, 0.4) is 0 Å². The molecule has 14 heavy (non-hydrogen) atoms. The van der Waals surface area contributed by atoms with Crippen molar-refractivity contribution in [2.75, 3.05) is 13.6 Å². The van der Waals surface area contributed by atoms with E-state index in [4.69, 9.17) is 12.2 Å². The first-order valence-corrected chi connectivity index (χ1v) is 6.15. The van der Waals surface area contributed by atoms with Crippen molar-refractivity contribution in [2.24, 2.45) is 11.8 Å². The largest absolute Gasteiger partial charge is 0.369 e. The van der Waals surface area contributed by atoms with E-state index in [-0.39, 0.29) is 0 Å². The monoisotopic (exact) mass is 209 g/mol. The Hall–Kier alpha value is -0.0451. The topological polar surface area (TPSA) is 3.24 Å². The Bertz CT molecular complexity index is 252. The summed E-state index contributed by atoms with van der Waals surface area (Å²) in [7, 11) is 4.56. The Kier molecular flexibility index (Phi) is 2.63. The molecule has 3 heteroatoms. The van der Waals surface area contributed by atoms with E-state index in [1.807, 2.05) is 0 Å². The highest BCUT2D eigenvalue weighted by Crippen LogP contribution is 2.48. The Morgan fingerprint density at radius 2 is 2.21 bits per heavy atom. The Morgan fingerprint density at radius 3 is 2.93 bits per heavy atom. The lowest BCUT2D eigenvalue weighted by Gasteiger charge is -2.46. The molecule has 1 aliphatic heterocycles. The van der Waals surface area contributed by atoms with Crippen LogP contribution in [0, 0.1) is 11.8 Å². The zero-order chi connectivity index (χ0) is 10.3. The number of likely N-dealkylation sites (tertiary alicyclic amines) is 1. The predicted molar refractivity (Wildman–Crippen MR) is 67.6 cm³/mol. The van der Waals surface area contributed by atoms with Gasteiger partial charge in [-0.1, -0.05) is 37.3 Å². The number of nitrogens with zero attached hydrogens (tertiary/aromatic N) is 1. The first kappa shape index (κ1) is 10.5. The van der Waals surface area contributed by atoms with Crippen LogP contribution < -0.4 is 0 Å². The van der Waals surface area contributed by atoms with Crippen LogP contribution in [0.15, 0.2) is 0 Å². The maximum Gasteiger partial charge on any atom is 0.109 e. The van der Waals surface area contributed by atoms with Gasteiger partial charge in [0.25, 0.3) is 0 Å². The van der Waals surface area contributed by atoms with E-state index in [0.29, 0.717) is 5.31 Å². The molecule has 1 nitrogen and oxygen atoms in total. The third kappa shape index (κ3) is 1.84. The summed E-state index contributed by atoms with van der Waals surface area (Å²) < 4.78 is 0. The lowest BCUT2D eigenvalue weighted by atomic mass is 9.55. The standard InChI is InChI=1S/C11H20BNS/c1-11(12)5-3-9-8(7-11)4-6-13(2)10(9)14/h8-9H,3-7,12H2,1-2H3. The second kappa shape index (κ2) is 3.51. The van der Waals surface area contributed by atoms with Gasteiger partial charge in [-0.05, 0) is 18.8 Å². The van der Waals surface area contributed by atoms with Crippen LogP contribution in [0.2, 0.25) is 5.31 Å². The van der Waals surface area contributed by atoms with Gasteiger partial charge in [-0.3, -0.25) is 0 Å². The van der Waals surface area contributed by atoms with Gasteiger partial charge >= 0.3 is 0 Å². The molecule has 0 aromatic rings. The summed E-state index contributed by atoms with van der Waals surface area (Å²) in [6.45, 7) is 3.58. The third-order valence-corrected chi connectivity index (χ3v) is 4.66. The Labute approximate surface area is 93.6 Å². The van der Waals surface area contributed by atoms with E-state index >= 15 is 0 Å². The minimum Gasteiger partial charge on any atom is -0.369 e. The van der Waals surface area contributed by atoms with Gasteiger partial charge < -0.3 is 4.90 Å². The number of thiocarbonyl (C=S) groups is 1. The smallest absolute Gasteiger partial charge is 0.109 e. The molecule has 2 rings (SSSR count). The Balaban J connectivity index is 2.09. The van der Waals surface area contributed by atoms with Crippen molar-refractivity contribution in [1.29, 1.82) is 0 Å². The molecule has 3 unspecified atom stereocenters. The van der Waals surface area contributed by atoms with Crippen LogP contribution >= 0.6 is 12.2 Å². The lowest BCUT2D eigenvalue weighted by molar-refractivity contribution is 0.191. The van der Waals surface area contributed by atoms with E-state index in [0.717, 1.165) is 11.8 Å². The van der Waals surface area contributed by atoms with E-state index < -0.39 is 0 Å². The highest BCUT2D eigenvalue weighted by Gasteiger charge is 2.39. The van der Waals surface area contributed by atoms with Crippen LogP contribution in [0.1, 0.15) is 32.6 Å². The number of fused-ring (bicyclic) bond motifs is 1. The first-order valence-electron chi connectivity index (χ1n) is 5.75. The van der Waals surface area contributed by atoms with Crippen LogP contribution in [-0.2, 0) is 0 Å². The summed E-state index contributed by atoms with van der Waals surface area (Å²) in [5, 5.41) is 0.562. The van der Waals surface area contributed by atoms with Gasteiger partial charge in [-0.25, -0.2) is 0 Å². The molecule has 2 aliphatic rings. The fraction of sp³-hybridized carbons (Fsp3) is 0.909. The maximum atomic E-state index is 5.53. The summed E-state index contributed by atoms with van der Waals surface area (Å²) in [4.78, 5) is 3.52. The molecular weight excluding hydrogens is 189 g/mol. The van der Waals surface area contributed by atoms with Crippen LogP contribution in [0.4, 0.5) is 0 Å². The zero-order valence-corrected chi connectivity index (χ0v) is 10.4. The van der Waals surface area contributed by atoms with Crippen molar-refractivity contribution in [3.63, 3.8) is 0 Å². The molecule has 1 saturated carbocycles. The average molecular weight is 209 g/mol. The molecule has 0 bridgehead atoms. The normalized spacial score (nSPS) is 43.6. The summed E-state index contributed by atoms with van der Waals surface area (Å²) in [5.74, 6) is 1.60. The zero-order valence-electron chi connectivity index (χ0n) is 9.55. The molecule has 78 valence electrons. The summed E-state index contributed by atoms with van der Waals surface area (Å²) >= 11 is 5.53. The van der Waals surface area contributed by atoms with Gasteiger partial charge in [-0.15, -0.1) is 0 Å². The van der Waals surface area contributed by atoms with Crippen LogP contribution in [0.5, 0.6) is 0 Å². The average Bonchev–Trinajstić information content (AvgIpc) is 2.10. The van der Waals surface area contributed by atoms with Gasteiger partial charge in [0.15, 0.2) is 0 Å². The number of piperidine rings is 1. The molecule has 0 N–H and O–H groups in total. The minimum absolute atomic E-state index is 0.562. The number of hydrogen-bond donors (Lipinski definition) is 0. The molecule has 1 aliphatic carbocycles. The highest BCUT2D eigenvalue weighted by atomic mass is 32.1. The number of hydrogen-bond acceptors (Lipinski definition) is 1. The molecule has 3 atom stereocenters. The molecule has 0 amide bonds. The second-order valence-electron chi connectivity index (χ2n) is 5.82. The van der Waals surface area contributed by atoms with Crippen molar-refractivity contribution >= 4 is 25.1 Å². The van der Waals surface area contributed by atoms with Crippen LogP contribution in [-0.4, -0.2) is 31.3 Å². The lowest BCUT2D eigenvalue weighted by Crippen LogP contribution is -2.45. The molecule has 0 radical (unpaired) electrons. The second-order valence-corrected chi connectivity index (χ2v) is 6.24. The van der Waals surface area contributed by atoms with E-state index in [1.165, 1.54) is 37.2 Å². The number of rotatable bonds is 0. The molecule has 0 aromatic carbocycles.